The topological polar surface area (TPSA) is 38.3 Å². The molecule has 0 saturated heterocycles. The molecule has 1 aromatic rings. The van der Waals surface area contributed by atoms with Crippen LogP contribution in [0.15, 0.2) is 24.3 Å². The number of ether oxygens (including phenoxy) is 1. The number of benzene rings is 1. The van der Waals surface area contributed by atoms with E-state index in [0.717, 1.165) is 24.2 Å². The Kier molecular flexibility index (Phi) is 5.72. The third kappa shape index (κ3) is 4.14. The maximum atomic E-state index is 12.2. The number of rotatable bonds is 5. The van der Waals surface area contributed by atoms with Gasteiger partial charge in [0.1, 0.15) is 11.1 Å². The van der Waals surface area contributed by atoms with Crippen LogP contribution in [0.25, 0.3) is 0 Å². The molecule has 0 spiro atoms. The third-order valence-corrected chi connectivity index (χ3v) is 4.09. The van der Waals surface area contributed by atoms with Crippen LogP contribution < -0.4 is 10.1 Å². The molecule has 3 nitrogen and oxygen atoms in total. The lowest BCUT2D eigenvalue weighted by atomic mass is 9.95. The van der Waals surface area contributed by atoms with E-state index in [1.54, 1.807) is 0 Å². The highest BCUT2D eigenvalue weighted by Gasteiger charge is 2.22. The Bertz CT molecular complexity index is 444. The average Bonchev–Trinajstić information content (AvgIpc) is 2.48. The largest absolute Gasteiger partial charge is 0.494 e. The van der Waals surface area contributed by atoms with Gasteiger partial charge in [-0.05, 0) is 37.5 Å². The van der Waals surface area contributed by atoms with Crippen molar-refractivity contribution in [2.24, 2.45) is 0 Å². The maximum absolute atomic E-state index is 12.2. The first-order valence-corrected chi connectivity index (χ1v) is 7.81. The molecule has 1 atom stereocenters. The molecule has 1 amide bonds. The Morgan fingerprint density at radius 3 is 2.85 bits per heavy atom. The summed E-state index contributed by atoms with van der Waals surface area (Å²) in [5, 5.41) is 2.40. The Balaban J connectivity index is 1.96. The van der Waals surface area contributed by atoms with Gasteiger partial charge in [-0.3, -0.25) is 4.79 Å². The van der Waals surface area contributed by atoms with Crippen molar-refractivity contribution < 1.29 is 9.53 Å². The lowest BCUT2D eigenvalue weighted by molar-refractivity contribution is -0.121. The summed E-state index contributed by atoms with van der Waals surface area (Å²) in [5.74, 6) is 0.647. The molecule has 20 heavy (non-hydrogen) atoms. The normalized spacial score (nSPS) is 17.5. The van der Waals surface area contributed by atoms with Crippen LogP contribution in [-0.4, -0.2) is 18.6 Å². The van der Waals surface area contributed by atoms with Crippen molar-refractivity contribution in [3.63, 3.8) is 0 Å². The minimum absolute atomic E-state index is 0.104. The standard InChI is InChI=1S/C16H22ClNO2/c1-2-20-14-10-6-7-12(11-14)15(17)16(19)18-13-8-4-3-5-9-13/h6-7,10-11,13,15H,2-5,8-9H2,1H3,(H,18,19). The van der Waals surface area contributed by atoms with E-state index in [-0.39, 0.29) is 11.9 Å². The zero-order chi connectivity index (χ0) is 14.4. The van der Waals surface area contributed by atoms with E-state index in [2.05, 4.69) is 5.32 Å². The van der Waals surface area contributed by atoms with Crippen LogP contribution in [0, 0.1) is 0 Å². The lowest BCUT2D eigenvalue weighted by Gasteiger charge is -2.24. The molecule has 0 radical (unpaired) electrons. The molecule has 1 aromatic carbocycles. The number of hydrogen-bond acceptors (Lipinski definition) is 2. The number of hydrogen-bond donors (Lipinski definition) is 1. The average molecular weight is 296 g/mol. The van der Waals surface area contributed by atoms with Crippen LogP contribution in [0.3, 0.4) is 0 Å². The molecule has 0 heterocycles. The molecule has 1 aliphatic rings. The van der Waals surface area contributed by atoms with Crippen molar-refractivity contribution >= 4 is 17.5 Å². The van der Waals surface area contributed by atoms with E-state index in [1.165, 1.54) is 19.3 Å². The predicted octanol–water partition coefficient (Wildman–Crippen LogP) is 3.81. The van der Waals surface area contributed by atoms with Gasteiger partial charge in [0, 0.05) is 6.04 Å². The first-order chi connectivity index (χ1) is 9.70. The van der Waals surface area contributed by atoms with Gasteiger partial charge in [-0.1, -0.05) is 31.4 Å². The predicted molar refractivity (Wildman–Crippen MR) is 81.2 cm³/mol. The summed E-state index contributed by atoms with van der Waals surface area (Å²) in [6, 6.07) is 7.72. The second-order valence-corrected chi connectivity index (χ2v) is 5.65. The molecule has 1 unspecified atom stereocenters. The number of nitrogens with one attached hydrogen (secondary N) is 1. The summed E-state index contributed by atoms with van der Waals surface area (Å²) >= 11 is 6.28. The summed E-state index contributed by atoms with van der Waals surface area (Å²) in [5.41, 5.74) is 0.783. The Morgan fingerprint density at radius 1 is 1.40 bits per heavy atom. The van der Waals surface area contributed by atoms with Crippen molar-refractivity contribution in [3.8, 4) is 5.75 Å². The van der Waals surface area contributed by atoms with Crippen molar-refractivity contribution in [1.82, 2.24) is 5.32 Å². The highest BCUT2D eigenvalue weighted by Crippen LogP contribution is 2.26. The minimum Gasteiger partial charge on any atom is -0.494 e. The summed E-state index contributed by atoms with van der Waals surface area (Å²) in [7, 11) is 0. The molecule has 2 rings (SSSR count). The summed E-state index contributed by atoms with van der Waals surface area (Å²) in [6.07, 6.45) is 5.78. The first kappa shape index (κ1) is 15.2. The molecular weight excluding hydrogens is 274 g/mol. The summed E-state index contributed by atoms with van der Waals surface area (Å²) < 4.78 is 5.44. The smallest absolute Gasteiger partial charge is 0.242 e. The molecule has 1 N–H and O–H groups in total. The van der Waals surface area contributed by atoms with Crippen molar-refractivity contribution in [3.05, 3.63) is 29.8 Å². The highest BCUT2D eigenvalue weighted by molar-refractivity contribution is 6.30. The molecule has 4 heteroatoms. The number of carbonyl (C=O) groups excluding carboxylic acids is 1. The first-order valence-electron chi connectivity index (χ1n) is 7.38. The fourth-order valence-corrected chi connectivity index (χ4v) is 2.80. The number of carbonyl (C=O) groups is 1. The van der Waals surface area contributed by atoms with Crippen LogP contribution >= 0.6 is 11.6 Å². The molecule has 1 fully saturated rings. The Hall–Kier alpha value is -1.22. The highest BCUT2D eigenvalue weighted by atomic mass is 35.5. The third-order valence-electron chi connectivity index (χ3n) is 3.64. The Labute approximate surface area is 125 Å². The van der Waals surface area contributed by atoms with Crippen molar-refractivity contribution in [1.29, 1.82) is 0 Å². The molecule has 110 valence electrons. The van der Waals surface area contributed by atoms with Gasteiger partial charge >= 0.3 is 0 Å². The van der Waals surface area contributed by atoms with Gasteiger partial charge in [-0.2, -0.15) is 0 Å². The second kappa shape index (κ2) is 7.53. The fourth-order valence-electron chi connectivity index (χ4n) is 2.60. The van der Waals surface area contributed by atoms with Crippen LogP contribution in [0.2, 0.25) is 0 Å². The van der Waals surface area contributed by atoms with Crippen molar-refractivity contribution in [2.75, 3.05) is 6.61 Å². The van der Waals surface area contributed by atoms with Gasteiger partial charge in [0.05, 0.1) is 6.61 Å². The maximum Gasteiger partial charge on any atom is 0.242 e. The summed E-state index contributed by atoms with van der Waals surface area (Å²) in [4.78, 5) is 12.2. The molecule has 1 aliphatic carbocycles. The van der Waals surface area contributed by atoms with E-state index in [1.807, 2.05) is 31.2 Å². The van der Waals surface area contributed by atoms with E-state index in [9.17, 15) is 4.79 Å². The number of alkyl halides is 1. The summed E-state index contributed by atoms with van der Waals surface area (Å²) in [6.45, 7) is 2.53. The van der Waals surface area contributed by atoms with E-state index < -0.39 is 5.38 Å². The fraction of sp³-hybridized carbons (Fsp3) is 0.562. The zero-order valence-corrected chi connectivity index (χ0v) is 12.7. The monoisotopic (exact) mass is 295 g/mol. The molecule has 1 saturated carbocycles. The molecular formula is C16H22ClNO2. The SMILES string of the molecule is CCOc1cccc(C(Cl)C(=O)NC2CCCCC2)c1. The second-order valence-electron chi connectivity index (χ2n) is 5.21. The van der Waals surface area contributed by atoms with Gasteiger partial charge in [0.2, 0.25) is 5.91 Å². The Morgan fingerprint density at radius 2 is 2.15 bits per heavy atom. The van der Waals surface area contributed by atoms with Crippen LogP contribution in [0.4, 0.5) is 0 Å². The molecule has 0 aromatic heterocycles. The van der Waals surface area contributed by atoms with Gasteiger partial charge in [0.25, 0.3) is 0 Å². The van der Waals surface area contributed by atoms with Crippen LogP contribution in [-0.2, 0) is 4.79 Å². The quantitative estimate of drug-likeness (QED) is 0.839. The molecule has 0 bridgehead atoms. The van der Waals surface area contributed by atoms with E-state index in [4.69, 9.17) is 16.3 Å². The van der Waals surface area contributed by atoms with Crippen LogP contribution in [0.1, 0.15) is 50.0 Å². The van der Waals surface area contributed by atoms with Gasteiger partial charge < -0.3 is 10.1 Å². The lowest BCUT2D eigenvalue weighted by Crippen LogP contribution is -2.38. The molecule has 0 aliphatic heterocycles. The van der Waals surface area contributed by atoms with Crippen molar-refractivity contribution in [2.45, 2.75) is 50.4 Å². The minimum atomic E-state index is -0.655. The van der Waals surface area contributed by atoms with Gasteiger partial charge in [-0.15, -0.1) is 11.6 Å². The zero-order valence-electron chi connectivity index (χ0n) is 11.9. The van der Waals surface area contributed by atoms with Gasteiger partial charge in [0.15, 0.2) is 0 Å². The van der Waals surface area contributed by atoms with Gasteiger partial charge in [-0.25, -0.2) is 0 Å². The van der Waals surface area contributed by atoms with E-state index in [0.29, 0.717) is 6.61 Å². The number of amides is 1. The van der Waals surface area contributed by atoms with Crippen LogP contribution in [0.5, 0.6) is 5.75 Å². The van der Waals surface area contributed by atoms with E-state index >= 15 is 0 Å². The number of halogens is 1.